The molecule has 23 heavy (non-hydrogen) atoms. The van der Waals surface area contributed by atoms with Crippen molar-refractivity contribution in [1.82, 2.24) is 19.7 Å². The smallest absolute Gasteiger partial charge is 0.265 e. The van der Waals surface area contributed by atoms with Crippen LogP contribution in [0.15, 0.2) is 49.1 Å². The number of halogens is 1. The molecule has 3 rings (SSSR count). The van der Waals surface area contributed by atoms with Crippen LogP contribution in [0.3, 0.4) is 0 Å². The summed E-state index contributed by atoms with van der Waals surface area (Å²) in [7, 11) is 0. The van der Waals surface area contributed by atoms with Crippen molar-refractivity contribution in [2.75, 3.05) is 0 Å². The van der Waals surface area contributed by atoms with Gasteiger partial charge in [-0.1, -0.05) is 18.2 Å². The first-order valence-corrected chi connectivity index (χ1v) is 6.94. The Kier molecular flexibility index (Phi) is 4.09. The van der Waals surface area contributed by atoms with Gasteiger partial charge in [0.25, 0.3) is 5.78 Å². The Morgan fingerprint density at radius 3 is 2.78 bits per heavy atom. The minimum atomic E-state index is -0.704. The van der Waals surface area contributed by atoms with Gasteiger partial charge in [0.1, 0.15) is 12.1 Å². The van der Waals surface area contributed by atoms with E-state index in [1.165, 1.54) is 12.4 Å². The van der Waals surface area contributed by atoms with Gasteiger partial charge >= 0.3 is 0 Å². The molecule has 0 bridgehead atoms. The van der Waals surface area contributed by atoms with Gasteiger partial charge in [0.05, 0.1) is 0 Å². The molecule has 0 saturated heterocycles. The maximum absolute atomic E-state index is 13.6. The quantitative estimate of drug-likeness (QED) is 0.556. The minimum Gasteiger partial charge on any atom is -0.349 e. The van der Waals surface area contributed by atoms with E-state index in [9.17, 15) is 14.0 Å². The van der Waals surface area contributed by atoms with Crippen LogP contribution >= 0.6 is 0 Å². The van der Waals surface area contributed by atoms with Gasteiger partial charge < -0.3 is 4.57 Å². The largest absolute Gasteiger partial charge is 0.349 e. The molecule has 2 heterocycles. The number of nitrogens with zero attached hydrogens (tertiary/aromatic N) is 3. The van der Waals surface area contributed by atoms with E-state index in [1.807, 2.05) is 0 Å². The summed E-state index contributed by atoms with van der Waals surface area (Å²) in [5.74, 6) is -1.63. The van der Waals surface area contributed by atoms with Gasteiger partial charge in [-0.25, -0.2) is 9.37 Å². The van der Waals surface area contributed by atoms with Crippen molar-refractivity contribution in [2.24, 2.45) is 0 Å². The zero-order valence-electron chi connectivity index (χ0n) is 12.1. The van der Waals surface area contributed by atoms with Crippen molar-refractivity contribution in [2.45, 2.75) is 13.0 Å². The molecule has 0 radical (unpaired) electrons. The molecule has 0 atom stereocenters. The van der Waals surface area contributed by atoms with Gasteiger partial charge in [-0.05, 0) is 17.7 Å². The highest BCUT2D eigenvalue weighted by Crippen LogP contribution is 2.11. The molecule has 1 aromatic carbocycles. The lowest BCUT2D eigenvalue weighted by Crippen LogP contribution is -2.18. The van der Waals surface area contributed by atoms with Crippen LogP contribution in [-0.4, -0.2) is 31.3 Å². The summed E-state index contributed by atoms with van der Waals surface area (Å²) in [5.41, 5.74) is 1.23. The highest BCUT2D eigenvalue weighted by molar-refractivity contribution is 6.43. The number of aromatic amines is 1. The first-order chi connectivity index (χ1) is 11.1. The first-order valence-electron chi connectivity index (χ1n) is 6.94. The standard InChI is InChI=1S/C16H13FN4O2/c17-13-4-2-1-3-12(13)9-21-6-5-11(8-21)7-14(22)15(23)16-18-10-19-20-16/h1-6,8,10H,7,9H2,(H,18,19,20). The highest BCUT2D eigenvalue weighted by atomic mass is 19.1. The van der Waals surface area contributed by atoms with Gasteiger partial charge in [-0.2, -0.15) is 5.10 Å². The Morgan fingerprint density at radius 1 is 1.22 bits per heavy atom. The minimum absolute atomic E-state index is 0.0379. The zero-order chi connectivity index (χ0) is 16.2. The molecule has 0 aliphatic carbocycles. The van der Waals surface area contributed by atoms with Crippen LogP contribution in [0.5, 0.6) is 0 Å². The monoisotopic (exact) mass is 312 g/mol. The molecule has 7 heteroatoms. The number of carbonyl (C=O) groups is 2. The number of carbonyl (C=O) groups excluding carboxylic acids is 2. The molecule has 6 nitrogen and oxygen atoms in total. The summed E-state index contributed by atoms with van der Waals surface area (Å²) >= 11 is 0. The van der Waals surface area contributed by atoms with E-state index in [-0.39, 0.29) is 18.1 Å². The predicted molar refractivity (Wildman–Crippen MR) is 79.4 cm³/mol. The van der Waals surface area contributed by atoms with Crippen LogP contribution in [0.25, 0.3) is 0 Å². The van der Waals surface area contributed by atoms with Crippen LogP contribution < -0.4 is 0 Å². The van der Waals surface area contributed by atoms with Gasteiger partial charge in [0.15, 0.2) is 5.82 Å². The van der Waals surface area contributed by atoms with Gasteiger partial charge in [0.2, 0.25) is 5.78 Å². The number of aromatic nitrogens is 4. The maximum atomic E-state index is 13.6. The van der Waals surface area contributed by atoms with E-state index < -0.39 is 11.6 Å². The topological polar surface area (TPSA) is 80.6 Å². The van der Waals surface area contributed by atoms with Gasteiger partial charge in [0, 0.05) is 30.9 Å². The summed E-state index contributed by atoms with van der Waals surface area (Å²) in [6, 6.07) is 8.23. The molecule has 0 aliphatic heterocycles. The van der Waals surface area contributed by atoms with Crippen LogP contribution in [0.1, 0.15) is 21.7 Å². The van der Waals surface area contributed by atoms with Gasteiger partial charge in [-0.3, -0.25) is 14.7 Å². The second kappa shape index (κ2) is 6.35. The van der Waals surface area contributed by atoms with E-state index in [4.69, 9.17) is 0 Å². The van der Waals surface area contributed by atoms with E-state index in [1.54, 1.807) is 41.2 Å². The van der Waals surface area contributed by atoms with Crippen LogP contribution in [0, 0.1) is 5.82 Å². The van der Waals surface area contributed by atoms with Gasteiger partial charge in [-0.15, -0.1) is 0 Å². The molecule has 3 aromatic rings. The Labute approximate surface area is 131 Å². The molecule has 2 aromatic heterocycles. The number of ketones is 2. The van der Waals surface area contributed by atoms with Crippen molar-refractivity contribution in [3.05, 3.63) is 71.8 Å². The SMILES string of the molecule is O=C(Cc1ccn(Cc2ccccc2F)c1)C(=O)c1ncn[nH]1. The Morgan fingerprint density at radius 2 is 2.04 bits per heavy atom. The molecule has 0 unspecified atom stereocenters. The van der Waals surface area contributed by atoms with E-state index >= 15 is 0 Å². The van der Waals surface area contributed by atoms with Crippen molar-refractivity contribution in [3.8, 4) is 0 Å². The Bertz CT molecular complexity index is 839. The molecular formula is C16H13FN4O2. The first kappa shape index (κ1) is 14.8. The molecule has 0 aliphatic rings. The third kappa shape index (κ3) is 3.39. The van der Waals surface area contributed by atoms with Crippen LogP contribution in [0.4, 0.5) is 4.39 Å². The molecule has 0 spiro atoms. The lowest BCUT2D eigenvalue weighted by atomic mass is 10.1. The van der Waals surface area contributed by atoms with E-state index in [0.717, 1.165) is 0 Å². The maximum Gasteiger partial charge on any atom is 0.265 e. The fraction of sp³-hybridized carbons (Fsp3) is 0.125. The normalized spacial score (nSPS) is 10.7. The Hall–Kier alpha value is -3.09. The van der Waals surface area contributed by atoms with E-state index in [2.05, 4.69) is 15.2 Å². The van der Waals surface area contributed by atoms with Crippen LogP contribution in [-0.2, 0) is 17.8 Å². The van der Waals surface area contributed by atoms with E-state index in [0.29, 0.717) is 17.7 Å². The summed E-state index contributed by atoms with van der Waals surface area (Å²) < 4.78 is 15.4. The van der Waals surface area contributed by atoms with Crippen LogP contribution in [0.2, 0.25) is 0 Å². The third-order valence-corrected chi connectivity index (χ3v) is 3.37. The van der Waals surface area contributed by atoms with Crippen molar-refractivity contribution < 1.29 is 14.0 Å². The molecule has 0 saturated carbocycles. The fourth-order valence-corrected chi connectivity index (χ4v) is 2.23. The van der Waals surface area contributed by atoms with Crippen molar-refractivity contribution >= 4 is 11.6 Å². The number of hydrogen-bond acceptors (Lipinski definition) is 4. The highest BCUT2D eigenvalue weighted by Gasteiger charge is 2.19. The molecule has 0 fully saturated rings. The average Bonchev–Trinajstić information content (AvgIpc) is 3.21. The zero-order valence-corrected chi connectivity index (χ0v) is 12.1. The average molecular weight is 312 g/mol. The second-order valence-corrected chi connectivity index (χ2v) is 5.05. The van der Waals surface area contributed by atoms with Crippen molar-refractivity contribution in [3.63, 3.8) is 0 Å². The van der Waals surface area contributed by atoms with Crippen molar-refractivity contribution in [1.29, 1.82) is 0 Å². The number of H-pyrrole nitrogens is 1. The summed E-state index contributed by atoms with van der Waals surface area (Å²) in [4.78, 5) is 27.4. The summed E-state index contributed by atoms with van der Waals surface area (Å²) in [6.07, 6.45) is 4.60. The predicted octanol–water partition coefficient (Wildman–Crippen LogP) is 1.79. The molecule has 1 N–H and O–H groups in total. The third-order valence-electron chi connectivity index (χ3n) is 3.37. The summed E-state index contributed by atoms with van der Waals surface area (Å²) in [5, 5.41) is 5.91. The summed E-state index contributed by atoms with van der Waals surface area (Å²) in [6.45, 7) is 0.358. The number of nitrogens with one attached hydrogen (secondary N) is 1. The second-order valence-electron chi connectivity index (χ2n) is 5.05. The lowest BCUT2D eigenvalue weighted by Gasteiger charge is -2.04. The fourth-order valence-electron chi connectivity index (χ4n) is 2.23. The number of benzene rings is 1. The number of hydrogen-bond donors (Lipinski definition) is 1. The molecular weight excluding hydrogens is 299 g/mol. The molecule has 116 valence electrons. The number of rotatable bonds is 6. The lowest BCUT2D eigenvalue weighted by molar-refractivity contribution is -0.114. The molecule has 0 amide bonds. The number of Topliss-reactive ketones (excluding diaryl/α,β-unsaturated/α-hetero) is 2. The Balaban J connectivity index is 1.67.